The summed E-state index contributed by atoms with van der Waals surface area (Å²) in [4.78, 5) is 31.9. The van der Waals surface area contributed by atoms with Crippen LogP contribution in [0.4, 0.5) is 4.79 Å². The molecule has 1 aromatic carbocycles. The Hall–Kier alpha value is -2.54. The lowest BCUT2D eigenvalue weighted by molar-refractivity contribution is -0.00984. The summed E-state index contributed by atoms with van der Waals surface area (Å²) in [6.07, 6.45) is 4.80. The first-order valence-electron chi connectivity index (χ1n) is 12.7. The molecular weight excluding hydrogens is 428 g/mol. The Kier molecular flexibility index (Phi) is 7.51. The molecule has 3 aliphatic carbocycles. The van der Waals surface area contributed by atoms with Crippen molar-refractivity contribution in [2.24, 2.45) is 17.3 Å². The van der Waals surface area contributed by atoms with E-state index in [1.54, 1.807) is 7.11 Å². The van der Waals surface area contributed by atoms with Gasteiger partial charge in [0.25, 0.3) is 5.91 Å². The highest BCUT2D eigenvalue weighted by molar-refractivity contribution is 5.94. The zero-order valence-corrected chi connectivity index (χ0v) is 21.2. The van der Waals surface area contributed by atoms with Crippen LogP contribution < -0.4 is 10.1 Å². The fourth-order valence-corrected chi connectivity index (χ4v) is 5.74. The number of fused-ring (bicyclic) bond motifs is 1. The van der Waals surface area contributed by atoms with Gasteiger partial charge in [-0.15, -0.1) is 0 Å². The lowest BCUT2D eigenvalue weighted by atomic mass is 9.49. The number of hydrogen-bond donors (Lipinski definition) is 1. The van der Waals surface area contributed by atoms with Crippen molar-refractivity contribution >= 4 is 11.9 Å². The van der Waals surface area contributed by atoms with Gasteiger partial charge in [0.15, 0.2) is 0 Å². The zero-order valence-electron chi connectivity index (χ0n) is 21.2. The van der Waals surface area contributed by atoms with Crippen LogP contribution in [0.25, 0.3) is 0 Å². The van der Waals surface area contributed by atoms with Crippen molar-refractivity contribution in [2.45, 2.75) is 33.6 Å². The third-order valence-electron chi connectivity index (χ3n) is 8.25. The first-order chi connectivity index (χ1) is 16.3. The van der Waals surface area contributed by atoms with E-state index in [-0.39, 0.29) is 11.9 Å². The summed E-state index contributed by atoms with van der Waals surface area (Å²) in [6, 6.07) is 7.32. The number of allylic oxidation sites excluding steroid dienone is 1. The Morgan fingerprint density at radius 3 is 2.44 bits per heavy atom. The quantitative estimate of drug-likeness (QED) is 0.594. The zero-order chi connectivity index (χ0) is 24.3. The normalized spacial score (nSPS) is 23.5. The smallest absolute Gasteiger partial charge is 0.317 e. The maximum absolute atomic E-state index is 12.8. The molecule has 1 aliphatic heterocycles. The summed E-state index contributed by atoms with van der Waals surface area (Å²) in [5.74, 6) is 2.23. The van der Waals surface area contributed by atoms with Crippen LogP contribution in [-0.4, -0.2) is 86.1 Å². The van der Waals surface area contributed by atoms with Gasteiger partial charge in [0, 0.05) is 57.9 Å². The maximum atomic E-state index is 12.8. The number of nitrogens with zero attached hydrogens (tertiary/aromatic N) is 3. The number of hydrogen-bond acceptors (Lipinski definition) is 4. The fourth-order valence-electron chi connectivity index (χ4n) is 5.74. The molecule has 4 aliphatic rings. The standard InChI is InChI=1S/C27H40N4O3/c1-5-28-26(33)31(19-21-6-9-22-18-24(21)27(22,2)3)17-14-29-12-15-30(16-13-29)25(32)20-7-10-23(34-4)11-8-20/h6-8,10-11,22,24H,5,9,12-19H2,1-4H3,(H,28,33). The summed E-state index contributed by atoms with van der Waals surface area (Å²) < 4.78 is 5.19. The van der Waals surface area contributed by atoms with E-state index < -0.39 is 0 Å². The third-order valence-corrected chi connectivity index (χ3v) is 8.25. The summed E-state index contributed by atoms with van der Waals surface area (Å²) in [6.45, 7) is 12.7. The van der Waals surface area contributed by atoms with E-state index in [1.807, 2.05) is 41.0 Å². The molecule has 0 radical (unpaired) electrons. The molecule has 1 saturated carbocycles. The van der Waals surface area contributed by atoms with Gasteiger partial charge in [-0.05, 0) is 61.3 Å². The van der Waals surface area contributed by atoms with Gasteiger partial charge in [0.05, 0.1) is 7.11 Å². The SMILES string of the molecule is CCNC(=O)N(CCN1CCN(C(=O)c2ccc(OC)cc2)CC1)CC1=CCC2CC1C2(C)C. The molecule has 1 aromatic rings. The monoisotopic (exact) mass is 468 g/mol. The lowest BCUT2D eigenvalue weighted by Gasteiger charge is -2.57. The van der Waals surface area contributed by atoms with Gasteiger partial charge in [0.2, 0.25) is 0 Å². The Balaban J connectivity index is 1.29. The van der Waals surface area contributed by atoms with Gasteiger partial charge in [-0.2, -0.15) is 0 Å². The van der Waals surface area contributed by atoms with Gasteiger partial charge < -0.3 is 19.9 Å². The van der Waals surface area contributed by atoms with Gasteiger partial charge in [0.1, 0.15) is 5.75 Å². The molecule has 2 fully saturated rings. The van der Waals surface area contributed by atoms with Crippen LogP contribution in [0.15, 0.2) is 35.9 Å². The number of benzene rings is 1. The van der Waals surface area contributed by atoms with Crippen LogP contribution >= 0.6 is 0 Å². The number of rotatable bonds is 8. The molecule has 0 spiro atoms. The number of methoxy groups -OCH3 is 1. The van der Waals surface area contributed by atoms with Gasteiger partial charge in [-0.25, -0.2) is 4.79 Å². The second-order valence-corrected chi connectivity index (χ2v) is 10.4. The molecule has 2 atom stereocenters. The van der Waals surface area contributed by atoms with Crippen molar-refractivity contribution in [1.82, 2.24) is 20.0 Å². The average molecular weight is 469 g/mol. The largest absolute Gasteiger partial charge is 0.497 e. The molecular formula is C27H40N4O3. The fraction of sp³-hybridized carbons (Fsp3) is 0.630. The van der Waals surface area contributed by atoms with Crippen LogP contribution in [0.1, 0.15) is 44.0 Å². The van der Waals surface area contributed by atoms with E-state index in [9.17, 15) is 9.59 Å². The minimum atomic E-state index is 0.0240. The van der Waals surface area contributed by atoms with Crippen molar-refractivity contribution in [2.75, 3.05) is 59.5 Å². The van der Waals surface area contributed by atoms with E-state index in [2.05, 4.69) is 30.1 Å². The van der Waals surface area contributed by atoms with Crippen LogP contribution in [-0.2, 0) is 0 Å². The van der Waals surface area contributed by atoms with E-state index >= 15 is 0 Å². The summed E-state index contributed by atoms with van der Waals surface area (Å²) in [5.41, 5.74) is 2.50. The van der Waals surface area contributed by atoms with E-state index in [4.69, 9.17) is 4.74 Å². The maximum Gasteiger partial charge on any atom is 0.317 e. The Morgan fingerprint density at radius 2 is 1.85 bits per heavy atom. The molecule has 34 heavy (non-hydrogen) atoms. The van der Waals surface area contributed by atoms with Crippen LogP contribution in [0.5, 0.6) is 5.75 Å². The molecule has 1 heterocycles. The minimum absolute atomic E-state index is 0.0240. The highest BCUT2D eigenvalue weighted by Crippen LogP contribution is 2.59. The Morgan fingerprint density at radius 1 is 1.15 bits per heavy atom. The van der Waals surface area contributed by atoms with E-state index in [0.29, 0.717) is 43.1 Å². The lowest BCUT2D eigenvalue weighted by Crippen LogP contribution is -2.53. The molecule has 1 saturated heterocycles. The van der Waals surface area contributed by atoms with Crippen LogP contribution in [0.3, 0.4) is 0 Å². The average Bonchev–Trinajstić information content (AvgIpc) is 2.86. The van der Waals surface area contributed by atoms with Crippen LogP contribution in [0, 0.1) is 17.3 Å². The number of nitrogens with one attached hydrogen (secondary N) is 1. The second-order valence-electron chi connectivity index (χ2n) is 10.4. The molecule has 2 bridgehead atoms. The van der Waals surface area contributed by atoms with E-state index in [0.717, 1.165) is 44.3 Å². The second kappa shape index (κ2) is 10.4. The molecule has 5 rings (SSSR count). The minimum Gasteiger partial charge on any atom is -0.497 e. The number of carbonyl (C=O) groups is 2. The van der Waals surface area contributed by atoms with Crippen molar-refractivity contribution < 1.29 is 14.3 Å². The first-order valence-corrected chi connectivity index (χ1v) is 12.7. The predicted octanol–water partition coefficient (Wildman–Crippen LogP) is 3.48. The van der Waals surface area contributed by atoms with Crippen molar-refractivity contribution in [3.8, 4) is 5.75 Å². The molecule has 3 amide bonds. The van der Waals surface area contributed by atoms with Gasteiger partial charge >= 0.3 is 6.03 Å². The van der Waals surface area contributed by atoms with Crippen molar-refractivity contribution in [3.63, 3.8) is 0 Å². The van der Waals surface area contributed by atoms with Crippen LogP contribution in [0.2, 0.25) is 0 Å². The summed E-state index contributed by atoms with van der Waals surface area (Å²) in [5, 5.41) is 3.00. The Bertz CT molecular complexity index is 903. The number of piperazine rings is 1. The molecule has 2 unspecified atom stereocenters. The number of urea groups is 1. The highest BCUT2D eigenvalue weighted by Gasteiger charge is 2.51. The number of amides is 3. The molecule has 1 N–H and O–H groups in total. The first kappa shape index (κ1) is 24.6. The number of carbonyl (C=O) groups excluding carboxylic acids is 2. The summed E-state index contributed by atoms with van der Waals surface area (Å²) in [7, 11) is 1.62. The molecule has 186 valence electrons. The molecule has 0 aromatic heterocycles. The number of ether oxygens (including phenoxy) is 1. The van der Waals surface area contributed by atoms with Gasteiger partial charge in [-0.1, -0.05) is 25.5 Å². The topological polar surface area (TPSA) is 65.1 Å². The van der Waals surface area contributed by atoms with E-state index in [1.165, 1.54) is 12.0 Å². The van der Waals surface area contributed by atoms with Crippen molar-refractivity contribution in [1.29, 1.82) is 0 Å². The Labute approximate surface area is 204 Å². The van der Waals surface area contributed by atoms with Gasteiger partial charge in [-0.3, -0.25) is 9.69 Å². The highest BCUT2D eigenvalue weighted by atomic mass is 16.5. The molecule has 7 heteroatoms. The summed E-state index contributed by atoms with van der Waals surface area (Å²) >= 11 is 0. The molecule has 7 nitrogen and oxygen atoms in total. The third kappa shape index (κ3) is 5.09. The van der Waals surface area contributed by atoms with Crippen molar-refractivity contribution in [3.05, 3.63) is 41.5 Å². The predicted molar refractivity (Wildman–Crippen MR) is 134 cm³/mol.